The minimum absolute atomic E-state index is 0.295. The number of H-pyrrole nitrogens is 1. The summed E-state index contributed by atoms with van der Waals surface area (Å²) in [6.45, 7) is 3.09. The molecule has 2 N–H and O–H groups in total. The third-order valence-corrected chi connectivity index (χ3v) is 3.58. The number of rotatable bonds is 4. The van der Waals surface area contributed by atoms with Crippen molar-refractivity contribution in [3.63, 3.8) is 0 Å². The molecule has 5 heteroatoms. The first-order valence-electron chi connectivity index (χ1n) is 6.70. The minimum Gasteiger partial charge on any atom is -0.312 e. The van der Waals surface area contributed by atoms with Crippen molar-refractivity contribution in [2.24, 2.45) is 0 Å². The third kappa shape index (κ3) is 3.32. The van der Waals surface area contributed by atoms with Crippen molar-refractivity contribution in [1.82, 2.24) is 14.9 Å². The van der Waals surface area contributed by atoms with Gasteiger partial charge in [-0.05, 0) is 19.8 Å². The van der Waals surface area contributed by atoms with Crippen LogP contribution in [0.2, 0.25) is 0 Å². The van der Waals surface area contributed by atoms with E-state index in [2.05, 4.69) is 10.3 Å². The molecular formula is C13H21N3O2. The zero-order valence-corrected chi connectivity index (χ0v) is 10.9. The summed E-state index contributed by atoms with van der Waals surface area (Å²) < 4.78 is 1.56. The molecule has 0 aromatic carbocycles. The average molecular weight is 251 g/mol. The van der Waals surface area contributed by atoms with Gasteiger partial charge in [-0.15, -0.1) is 0 Å². The van der Waals surface area contributed by atoms with Gasteiger partial charge in [-0.3, -0.25) is 14.3 Å². The van der Waals surface area contributed by atoms with E-state index in [1.165, 1.54) is 32.1 Å². The summed E-state index contributed by atoms with van der Waals surface area (Å²) in [5.41, 5.74) is -0.0419. The molecule has 5 nitrogen and oxygen atoms in total. The molecule has 0 saturated heterocycles. The van der Waals surface area contributed by atoms with Crippen LogP contribution in [0.3, 0.4) is 0 Å². The van der Waals surface area contributed by atoms with Crippen molar-refractivity contribution in [1.29, 1.82) is 0 Å². The second kappa shape index (κ2) is 6.00. The summed E-state index contributed by atoms with van der Waals surface area (Å²) in [6.07, 6.45) is 8.05. The largest absolute Gasteiger partial charge is 0.328 e. The van der Waals surface area contributed by atoms with Gasteiger partial charge in [0.15, 0.2) is 0 Å². The van der Waals surface area contributed by atoms with E-state index >= 15 is 0 Å². The molecule has 2 rings (SSSR count). The SMILES string of the molecule is Cc1cn(CCNC2CCCCC2)c(=O)[nH]c1=O. The molecule has 18 heavy (non-hydrogen) atoms. The summed E-state index contributed by atoms with van der Waals surface area (Å²) in [7, 11) is 0. The minimum atomic E-state index is -0.323. The Bertz CT molecular complexity index is 498. The molecule has 1 heterocycles. The monoisotopic (exact) mass is 251 g/mol. The fraction of sp³-hybridized carbons (Fsp3) is 0.692. The van der Waals surface area contributed by atoms with Crippen LogP contribution in [0.25, 0.3) is 0 Å². The van der Waals surface area contributed by atoms with Crippen LogP contribution in [0.4, 0.5) is 0 Å². The molecule has 1 fully saturated rings. The number of hydrogen-bond donors (Lipinski definition) is 2. The standard InChI is InChI=1S/C13H21N3O2/c1-10-9-16(13(18)15-12(10)17)8-7-14-11-5-3-2-4-6-11/h9,11,14H,2-8H2,1H3,(H,15,17,18). The Morgan fingerprint density at radius 1 is 1.33 bits per heavy atom. The molecule has 0 unspecified atom stereocenters. The molecule has 1 saturated carbocycles. The first kappa shape index (κ1) is 13.1. The summed E-state index contributed by atoms with van der Waals surface area (Å²) in [6, 6.07) is 0.596. The number of hydrogen-bond acceptors (Lipinski definition) is 3. The van der Waals surface area contributed by atoms with Crippen LogP contribution in [0.15, 0.2) is 15.8 Å². The number of aromatic nitrogens is 2. The van der Waals surface area contributed by atoms with Crippen LogP contribution in [-0.4, -0.2) is 22.1 Å². The zero-order valence-electron chi connectivity index (χ0n) is 10.9. The number of aromatic amines is 1. The topological polar surface area (TPSA) is 66.9 Å². The van der Waals surface area contributed by atoms with Gasteiger partial charge in [-0.2, -0.15) is 0 Å². The maximum atomic E-state index is 11.6. The Morgan fingerprint density at radius 3 is 2.78 bits per heavy atom. The Kier molecular flexibility index (Phi) is 4.36. The van der Waals surface area contributed by atoms with Gasteiger partial charge in [0.2, 0.25) is 0 Å². The van der Waals surface area contributed by atoms with Crippen molar-refractivity contribution in [3.05, 3.63) is 32.6 Å². The molecule has 0 atom stereocenters. The Labute approximate surface area is 106 Å². The summed E-state index contributed by atoms with van der Waals surface area (Å²) in [4.78, 5) is 25.1. The van der Waals surface area contributed by atoms with Gasteiger partial charge < -0.3 is 5.32 Å². The van der Waals surface area contributed by atoms with Crippen molar-refractivity contribution >= 4 is 0 Å². The first-order chi connectivity index (χ1) is 8.66. The van der Waals surface area contributed by atoms with Crippen LogP contribution in [0.1, 0.15) is 37.7 Å². The molecule has 0 bridgehead atoms. The summed E-state index contributed by atoms with van der Waals surface area (Å²) in [5.74, 6) is 0. The molecule has 1 aromatic rings. The van der Waals surface area contributed by atoms with Crippen LogP contribution in [-0.2, 0) is 6.54 Å². The van der Waals surface area contributed by atoms with Gasteiger partial charge in [0.1, 0.15) is 0 Å². The van der Waals surface area contributed by atoms with E-state index in [9.17, 15) is 9.59 Å². The molecule has 1 aromatic heterocycles. The van der Waals surface area contributed by atoms with E-state index < -0.39 is 0 Å². The van der Waals surface area contributed by atoms with Gasteiger partial charge >= 0.3 is 5.69 Å². The van der Waals surface area contributed by atoms with Gasteiger partial charge in [-0.25, -0.2) is 4.79 Å². The Balaban J connectivity index is 1.88. The highest BCUT2D eigenvalue weighted by Crippen LogP contribution is 2.16. The van der Waals surface area contributed by atoms with Crippen molar-refractivity contribution in [2.45, 2.75) is 51.6 Å². The van der Waals surface area contributed by atoms with Crippen LogP contribution in [0, 0.1) is 6.92 Å². The van der Waals surface area contributed by atoms with E-state index in [1.54, 1.807) is 17.7 Å². The lowest BCUT2D eigenvalue weighted by molar-refractivity contribution is 0.366. The second-order valence-electron chi connectivity index (χ2n) is 5.05. The van der Waals surface area contributed by atoms with E-state index in [1.807, 2.05) is 0 Å². The lowest BCUT2D eigenvalue weighted by Gasteiger charge is -2.22. The predicted molar refractivity (Wildman–Crippen MR) is 70.9 cm³/mol. The van der Waals surface area contributed by atoms with Gasteiger partial charge in [-0.1, -0.05) is 19.3 Å². The fourth-order valence-corrected chi connectivity index (χ4v) is 2.48. The molecular weight excluding hydrogens is 230 g/mol. The number of nitrogens with zero attached hydrogens (tertiary/aromatic N) is 1. The maximum absolute atomic E-state index is 11.6. The van der Waals surface area contributed by atoms with Crippen LogP contribution < -0.4 is 16.6 Å². The Morgan fingerprint density at radius 2 is 2.06 bits per heavy atom. The lowest BCUT2D eigenvalue weighted by Crippen LogP contribution is -2.37. The Hall–Kier alpha value is -1.36. The highest BCUT2D eigenvalue weighted by Gasteiger charge is 2.12. The second-order valence-corrected chi connectivity index (χ2v) is 5.05. The highest BCUT2D eigenvalue weighted by molar-refractivity contribution is 5.00. The van der Waals surface area contributed by atoms with Crippen LogP contribution >= 0.6 is 0 Å². The van der Waals surface area contributed by atoms with Gasteiger partial charge in [0.25, 0.3) is 5.56 Å². The third-order valence-electron chi connectivity index (χ3n) is 3.58. The fourth-order valence-electron chi connectivity index (χ4n) is 2.48. The van der Waals surface area contributed by atoms with E-state index in [-0.39, 0.29) is 11.2 Å². The molecule has 0 amide bonds. The van der Waals surface area contributed by atoms with Crippen LogP contribution in [0.5, 0.6) is 0 Å². The normalized spacial score (nSPS) is 16.9. The molecule has 1 aliphatic carbocycles. The lowest BCUT2D eigenvalue weighted by atomic mass is 9.95. The maximum Gasteiger partial charge on any atom is 0.328 e. The van der Waals surface area contributed by atoms with Crippen molar-refractivity contribution in [3.8, 4) is 0 Å². The van der Waals surface area contributed by atoms with E-state index in [4.69, 9.17) is 0 Å². The summed E-state index contributed by atoms with van der Waals surface area (Å²) >= 11 is 0. The van der Waals surface area contributed by atoms with E-state index in [0.717, 1.165) is 6.54 Å². The van der Waals surface area contributed by atoms with Gasteiger partial charge in [0, 0.05) is 30.9 Å². The highest BCUT2D eigenvalue weighted by atomic mass is 16.2. The van der Waals surface area contributed by atoms with E-state index in [0.29, 0.717) is 18.2 Å². The number of nitrogens with one attached hydrogen (secondary N) is 2. The number of aryl methyl sites for hydroxylation is 1. The molecule has 100 valence electrons. The quantitative estimate of drug-likeness (QED) is 0.830. The summed E-state index contributed by atoms with van der Waals surface area (Å²) in [5, 5.41) is 3.48. The average Bonchev–Trinajstić information content (AvgIpc) is 2.37. The zero-order chi connectivity index (χ0) is 13.0. The first-order valence-corrected chi connectivity index (χ1v) is 6.70. The molecule has 1 aliphatic rings. The van der Waals surface area contributed by atoms with Crippen molar-refractivity contribution < 1.29 is 0 Å². The molecule has 0 spiro atoms. The predicted octanol–water partition coefficient (Wildman–Crippen LogP) is 0.767. The molecule has 0 aliphatic heterocycles. The smallest absolute Gasteiger partial charge is 0.312 e. The van der Waals surface area contributed by atoms with Gasteiger partial charge in [0.05, 0.1) is 0 Å². The van der Waals surface area contributed by atoms with Crippen molar-refractivity contribution in [2.75, 3.05) is 6.54 Å². The molecule has 0 radical (unpaired) electrons.